The van der Waals surface area contributed by atoms with Gasteiger partial charge in [0.25, 0.3) is 0 Å². The third-order valence-electron chi connectivity index (χ3n) is 2.09. The number of hydrogen-bond acceptors (Lipinski definition) is 4. The summed E-state index contributed by atoms with van der Waals surface area (Å²) in [5, 5.41) is 2.94. The van der Waals surface area contributed by atoms with Gasteiger partial charge in [0, 0.05) is 16.6 Å². The molecule has 82 valence electrons. The number of halogens is 1. The van der Waals surface area contributed by atoms with E-state index in [1.165, 1.54) is 11.3 Å². The molecule has 0 saturated heterocycles. The normalized spacial score (nSPS) is 10.4. The molecule has 1 aromatic heterocycles. The van der Waals surface area contributed by atoms with Crippen molar-refractivity contribution in [3.05, 3.63) is 44.9 Å². The number of ketones is 1. The van der Waals surface area contributed by atoms with Crippen molar-refractivity contribution in [3.8, 4) is 0 Å². The van der Waals surface area contributed by atoms with E-state index in [2.05, 4.69) is 4.98 Å². The molecule has 0 saturated carbocycles. The highest BCUT2D eigenvalue weighted by Gasteiger charge is 2.15. The molecule has 3 nitrogen and oxygen atoms in total. The minimum Gasteiger partial charge on any atom is -0.399 e. The van der Waals surface area contributed by atoms with Crippen molar-refractivity contribution in [1.29, 1.82) is 0 Å². The second-order valence-electron chi connectivity index (χ2n) is 3.32. The van der Waals surface area contributed by atoms with Crippen LogP contribution in [0.2, 0.25) is 5.02 Å². The van der Waals surface area contributed by atoms with Gasteiger partial charge in [0.2, 0.25) is 5.78 Å². The minimum atomic E-state index is -0.172. The summed E-state index contributed by atoms with van der Waals surface area (Å²) in [6.07, 6.45) is 0. The van der Waals surface area contributed by atoms with Crippen LogP contribution in [-0.4, -0.2) is 10.8 Å². The smallest absolute Gasteiger partial charge is 0.213 e. The van der Waals surface area contributed by atoms with Gasteiger partial charge in [-0.05, 0) is 25.1 Å². The summed E-state index contributed by atoms with van der Waals surface area (Å²) in [5.74, 6) is -0.172. The Bertz CT molecular complexity index is 551. The standard InChI is InChI=1S/C11H9ClN2OS/c1-6-14-10(5-16-6)11(15)8-3-2-7(13)4-9(8)12/h2-5H,13H2,1H3. The van der Waals surface area contributed by atoms with Gasteiger partial charge in [0.1, 0.15) is 5.69 Å². The van der Waals surface area contributed by atoms with Gasteiger partial charge >= 0.3 is 0 Å². The lowest BCUT2D eigenvalue weighted by Gasteiger charge is -2.01. The number of aromatic nitrogens is 1. The van der Waals surface area contributed by atoms with Gasteiger partial charge in [-0.3, -0.25) is 4.79 Å². The highest BCUT2D eigenvalue weighted by atomic mass is 35.5. The molecule has 0 atom stereocenters. The molecule has 0 aliphatic rings. The molecular weight excluding hydrogens is 244 g/mol. The number of anilines is 1. The van der Waals surface area contributed by atoms with E-state index in [4.69, 9.17) is 17.3 Å². The number of hydrogen-bond donors (Lipinski definition) is 1. The molecule has 5 heteroatoms. The molecule has 2 rings (SSSR count). The predicted octanol–water partition coefficient (Wildman–Crippen LogP) is 2.92. The van der Waals surface area contributed by atoms with Gasteiger partial charge in [0.05, 0.1) is 10.0 Å². The third kappa shape index (κ3) is 2.08. The molecule has 2 N–H and O–H groups in total. The first kappa shape index (κ1) is 11.1. The van der Waals surface area contributed by atoms with Crippen LogP contribution in [0.15, 0.2) is 23.6 Å². The zero-order valence-corrected chi connectivity index (χ0v) is 10.1. The van der Waals surface area contributed by atoms with Crippen molar-refractivity contribution >= 4 is 34.4 Å². The van der Waals surface area contributed by atoms with Crippen LogP contribution in [0.4, 0.5) is 5.69 Å². The Hall–Kier alpha value is -1.39. The molecule has 1 heterocycles. The maximum atomic E-state index is 12.0. The van der Waals surface area contributed by atoms with Gasteiger partial charge in [-0.15, -0.1) is 11.3 Å². The first-order valence-electron chi connectivity index (χ1n) is 4.60. The summed E-state index contributed by atoms with van der Waals surface area (Å²) in [6.45, 7) is 1.85. The number of thiazole rings is 1. The zero-order valence-electron chi connectivity index (χ0n) is 8.53. The van der Waals surface area contributed by atoms with E-state index in [1.54, 1.807) is 23.6 Å². The van der Waals surface area contributed by atoms with Crippen molar-refractivity contribution < 1.29 is 4.79 Å². The number of aryl methyl sites for hydroxylation is 1. The molecule has 1 aromatic carbocycles. The summed E-state index contributed by atoms with van der Waals surface area (Å²) in [4.78, 5) is 16.1. The van der Waals surface area contributed by atoms with Crippen LogP contribution in [-0.2, 0) is 0 Å². The Morgan fingerprint density at radius 3 is 2.81 bits per heavy atom. The average Bonchev–Trinajstić information content (AvgIpc) is 2.64. The molecule has 0 aliphatic heterocycles. The van der Waals surface area contributed by atoms with Crippen molar-refractivity contribution in [2.45, 2.75) is 6.92 Å². The highest BCUT2D eigenvalue weighted by Crippen LogP contribution is 2.22. The van der Waals surface area contributed by atoms with E-state index in [0.717, 1.165) is 5.01 Å². The maximum Gasteiger partial charge on any atom is 0.213 e. The fourth-order valence-electron chi connectivity index (χ4n) is 1.32. The number of carbonyl (C=O) groups excluding carboxylic acids is 1. The molecule has 16 heavy (non-hydrogen) atoms. The number of nitrogens with zero attached hydrogens (tertiary/aromatic N) is 1. The summed E-state index contributed by atoms with van der Waals surface area (Å²) < 4.78 is 0. The van der Waals surface area contributed by atoms with Crippen molar-refractivity contribution in [1.82, 2.24) is 4.98 Å². The maximum absolute atomic E-state index is 12.0. The predicted molar refractivity (Wildman–Crippen MR) is 66.1 cm³/mol. The summed E-state index contributed by atoms with van der Waals surface area (Å²) >= 11 is 7.39. The van der Waals surface area contributed by atoms with Gasteiger partial charge in [-0.2, -0.15) is 0 Å². The van der Waals surface area contributed by atoms with E-state index in [9.17, 15) is 4.79 Å². The molecule has 0 bridgehead atoms. The lowest BCUT2D eigenvalue weighted by atomic mass is 10.1. The number of carbonyl (C=O) groups is 1. The monoisotopic (exact) mass is 252 g/mol. The first-order valence-corrected chi connectivity index (χ1v) is 5.85. The van der Waals surface area contributed by atoms with E-state index in [1.807, 2.05) is 6.92 Å². The number of nitrogen functional groups attached to an aromatic ring is 1. The van der Waals surface area contributed by atoms with Crippen LogP contribution < -0.4 is 5.73 Å². The first-order chi connectivity index (χ1) is 7.58. The van der Waals surface area contributed by atoms with Crippen LogP contribution in [0.3, 0.4) is 0 Å². The number of rotatable bonds is 2. The Balaban J connectivity index is 2.41. The molecular formula is C11H9ClN2OS. The van der Waals surface area contributed by atoms with Gasteiger partial charge in [0.15, 0.2) is 0 Å². The van der Waals surface area contributed by atoms with Crippen LogP contribution in [0.5, 0.6) is 0 Å². The van der Waals surface area contributed by atoms with E-state index in [0.29, 0.717) is 22.0 Å². The van der Waals surface area contributed by atoms with Crippen molar-refractivity contribution in [3.63, 3.8) is 0 Å². The second-order valence-corrected chi connectivity index (χ2v) is 4.79. The van der Waals surface area contributed by atoms with Crippen LogP contribution in [0.25, 0.3) is 0 Å². The summed E-state index contributed by atoms with van der Waals surface area (Å²) in [7, 11) is 0. The van der Waals surface area contributed by atoms with E-state index >= 15 is 0 Å². The Morgan fingerprint density at radius 2 is 2.25 bits per heavy atom. The van der Waals surface area contributed by atoms with Crippen molar-refractivity contribution in [2.75, 3.05) is 5.73 Å². The molecule has 0 amide bonds. The Labute approximate surface area is 102 Å². The minimum absolute atomic E-state index is 0.172. The molecule has 2 aromatic rings. The van der Waals surface area contributed by atoms with Gasteiger partial charge < -0.3 is 5.73 Å². The number of nitrogens with two attached hydrogens (primary N) is 1. The highest BCUT2D eigenvalue weighted by molar-refractivity contribution is 7.09. The van der Waals surface area contributed by atoms with Crippen molar-refractivity contribution in [2.24, 2.45) is 0 Å². The third-order valence-corrected chi connectivity index (χ3v) is 3.18. The molecule has 0 radical (unpaired) electrons. The summed E-state index contributed by atoms with van der Waals surface area (Å²) in [5.41, 5.74) is 6.96. The topological polar surface area (TPSA) is 56.0 Å². The van der Waals surface area contributed by atoms with Gasteiger partial charge in [-0.25, -0.2) is 4.98 Å². The van der Waals surface area contributed by atoms with Crippen LogP contribution in [0.1, 0.15) is 21.1 Å². The Kier molecular flexibility index (Phi) is 2.94. The molecule has 0 fully saturated rings. The Morgan fingerprint density at radius 1 is 1.50 bits per heavy atom. The summed E-state index contributed by atoms with van der Waals surface area (Å²) in [6, 6.07) is 4.83. The molecule has 0 spiro atoms. The zero-order chi connectivity index (χ0) is 11.7. The molecule has 0 aliphatic carbocycles. The van der Waals surface area contributed by atoms with Gasteiger partial charge in [-0.1, -0.05) is 11.6 Å². The van der Waals surface area contributed by atoms with Crippen LogP contribution >= 0.6 is 22.9 Å². The van der Waals surface area contributed by atoms with E-state index in [-0.39, 0.29) is 5.78 Å². The second kappa shape index (κ2) is 4.23. The lowest BCUT2D eigenvalue weighted by Crippen LogP contribution is -2.03. The largest absolute Gasteiger partial charge is 0.399 e. The van der Waals surface area contributed by atoms with E-state index < -0.39 is 0 Å². The SMILES string of the molecule is Cc1nc(C(=O)c2ccc(N)cc2Cl)cs1. The fraction of sp³-hybridized carbons (Fsp3) is 0.0909. The molecule has 0 unspecified atom stereocenters. The fourth-order valence-corrected chi connectivity index (χ4v) is 2.19. The lowest BCUT2D eigenvalue weighted by molar-refractivity contribution is 0.103. The van der Waals surface area contributed by atoms with Crippen LogP contribution in [0, 0.1) is 6.92 Å². The average molecular weight is 253 g/mol. The number of benzene rings is 1. The quantitative estimate of drug-likeness (QED) is 0.660.